The number of aromatic nitrogens is 4. The molecule has 1 amide bonds. The number of hydrogen-bond donors (Lipinski definition) is 0. The van der Waals surface area contributed by atoms with Crippen LogP contribution in [0.3, 0.4) is 0 Å². The molecular weight excluding hydrogens is 334 g/mol. The number of pyridine rings is 1. The first-order valence-electron chi connectivity index (χ1n) is 8.49. The largest absolute Gasteiger partial charge is 0.484 e. The van der Waals surface area contributed by atoms with Crippen LogP contribution in [0.1, 0.15) is 30.4 Å². The summed E-state index contributed by atoms with van der Waals surface area (Å²) >= 11 is 0. The first-order valence-corrected chi connectivity index (χ1v) is 8.49. The quantitative estimate of drug-likeness (QED) is 0.697. The van der Waals surface area contributed by atoms with E-state index in [0.29, 0.717) is 31.2 Å². The summed E-state index contributed by atoms with van der Waals surface area (Å²) in [6.07, 6.45) is 5.18. The Morgan fingerprint density at radius 1 is 1.31 bits per heavy atom. The summed E-state index contributed by atoms with van der Waals surface area (Å²) in [5, 5.41) is 8.52. The molecule has 3 aromatic heterocycles. The van der Waals surface area contributed by atoms with E-state index in [9.17, 15) is 4.79 Å². The number of amides is 1. The fourth-order valence-corrected chi connectivity index (χ4v) is 3.13. The smallest absolute Gasteiger partial charge is 0.230 e. The molecule has 4 rings (SSSR count). The van der Waals surface area contributed by atoms with E-state index in [1.807, 2.05) is 34.6 Å². The molecule has 0 radical (unpaired) electrons. The Balaban J connectivity index is 1.45. The number of ether oxygens (including phenoxy) is 1. The number of carbonyl (C=O) groups excluding carboxylic acids is 1. The molecule has 26 heavy (non-hydrogen) atoms. The van der Waals surface area contributed by atoms with E-state index < -0.39 is 0 Å². The molecule has 4 heterocycles. The number of fused-ring (bicyclic) bond motifs is 1. The van der Waals surface area contributed by atoms with Gasteiger partial charge in [0.05, 0.1) is 24.9 Å². The first kappa shape index (κ1) is 16.3. The molecule has 0 saturated carbocycles. The van der Waals surface area contributed by atoms with Gasteiger partial charge in [0.2, 0.25) is 5.91 Å². The molecule has 1 aliphatic rings. The van der Waals surface area contributed by atoms with Crippen molar-refractivity contribution in [3.05, 3.63) is 60.3 Å². The third kappa shape index (κ3) is 3.17. The van der Waals surface area contributed by atoms with Crippen LogP contribution >= 0.6 is 0 Å². The van der Waals surface area contributed by atoms with Crippen LogP contribution in [0.5, 0.6) is 5.75 Å². The highest BCUT2D eigenvalue weighted by Gasteiger charge is 2.31. The highest BCUT2D eigenvalue weighted by Crippen LogP contribution is 2.25. The lowest BCUT2D eigenvalue weighted by Crippen LogP contribution is -2.42. The Labute approximate surface area is 150 Å². The van der Waals surface area contributed by atoms with Crippen molar-refractivity contribution in [1.82, 2.24) is 24.6 Å². The van der Waals surface area contributed by atoms with Gasteiger partial charge in [-0.25, -0.2) is 0 Å². The van der Waals surface area contributed by atoms with Crippen molar-refractivity contribution >= 4 is 5.91 Å². The monoisotopic (exact) mass is 353 g/mol. The Hall–Kier alpha value is -3.16. The summed E-state index contributed by atoms with van der Waals surface area (Å²) < 4.78 is 13.0. The van der Waals surface area contributed by atoms with E-state index in [1.165, 1.54) is 0 Å². The van der Waals surface area contributed by atoms with Crippen LogP contribution in [0.4, 0.5) is 0 Å². The minimum Gasteiger partial charge on any atom is -0.484 e. The molecule has 0 aromatic carbocycles. The van der Waals surface area contributed by atoms with Gasteiger partial charge in [0.15, 0.2) is 11.6 Å². The number of rotatable bonds is 5. The van der Waals surface area contributed by atoms with Gasteiger partial charge in [-0.05, 0) is 31.2 Å². The number of hydrogen-bond acceptors (Lipinski definition) is 6. The van der Waals surface area contributed by atoms with Crippen LogP contribution in [0.15, 0.2) is 47.3 Å². The summed E-state index contributed by atoms with van der Waals surface area (Å²) in [6.45, 7) is 3.52. The molecule has 0 fully saturated rings. The zero-order valence-corrected chi connectivity index (χ0v) is 14.4. The van der Waals surface area contributed by atoms with E-state index in [2.05, 4.69) is 15.2 Å². The molecule has 0 N–H and O–H groups in total. The van der Waals surface area contributed by atoms with Crippen molar-refractivity contribution < 1.29 is 13.9 Å². The fraction of sp³-hybridized carbons (Fsp3) is 0.333. The van der Waals surface area contributed by atoms with E-state index in [4.69, 9.17) is 9.15 Å². The molecule has 1 aliphatic heterocycles. The maximum absolute atomic E-state index is 12.6. The van der Waals surface area contributed by atoms with E-state index in [-0.39, 0.29) is 18.4 Å². The number of carbonyl (C=O) groups is 1. The van der Waals surface area contributed by atoms with Gasteiger partial charge in [0.1, 0.15) is 18.1 Å². The topological polar surface area (TPSA) is 86.3 Å². The van der Waals surface area contributed by atoms with Crippen LogP contribution in [-0.4, -0.2) is 37.1 Å². The Morgan fingerprint density at radius 2 is 2.23 bits per heavy atom. The second-order valence-corrected chi connectivity index (χ2v) is 6.12. The third-order valence-electron chi connectivity index (χ3n) is 4.49. The standard InChI is InChI=1S/C18H19N5O3/c1-13-18-21-20-16(12-26-15-4-2-6-19-11-15)23(18)8-7-22(13)17(24)10-14-5-3-9-25-14/h2-6,9,11,13H,7-8,10,12H2,1H3/t13-/m1/s1. The molecule has 8 nitrogen and oxygen atoms in total. The Morgan fingerprint density at radius 3 is 3.00 bits per heavy atom. The van der Waals surface area contributed by atoms with Gasteiger partial charge < -0.3 is 18.6 Å². The number of nitrogens with zero attached hydrogens (tertiary/aromatic N) is 5. The van der Waals surface area contributed by atoms with Gasteiger partial charge in [0, 0.05) is 19.3 Å². The summed E-state index contributed by atoms with van der Waals surface area (Å²) in [5.74, 6) is 2.89. The zero-order valence-electron chi connectivity index (χ0n) is 14.4. The van der Waals surface area contributed by atoms with Gasteiger partial charge in [-0.1, -0.05) is 0 Å². The minimum absolute atomic E-state index is 0.0230. The lowest BCUT2D eigenvalue weighted by molar-refractivity contribution is -0.134. The third-order valence-corrected chi connectivity index (χ3v) is 4.49. The lowest BCUT2D eigenvalue weighted by atomic mass is 10.1. The zero-order chi connectivity index (χ0) is 17.9. The maximum atomic E-state index is 12.6. The van der Waals surface area contributed by atoms with Crippen LogP contribution < -0.4 is 4.74 Å². The van der Waals surface area contributed by atoms with E-state index in [1.54, 1.807) is 24.7 Å². The minimum atomic E-state index is -0.147. The molecule has 0 aliphatic carbocycles. The SMILES string of the molecule is C[C@@H]1c2nnc(COc3cccnc3)n2CCN1C(=O)Cc1ccco1. The molecule has 8 heteroatoms. The second-order valence-electron chi connectivity index (χ2n) is 6.12. The van der Waals surface area contributed by atoms with Gasteiger partial charge in [-0.2, -0.15) is 0 Å². The Bertz CT molecular complexity index is 876. The maximum Gasteiger partial charge on any atom is 0.230 e. The van der Waals surface area contributed by atoms with E-state index >= 15 is 0 Å². The van der Waals surface area contributed by atoms with Crippen LogP contribution in [-0.2, 0) is 24.4 Å². The van der Waals surface area contributed by atoms with Gasteiger partial charge in [-0.3, -0.25) is 9.78 Å². The van der Waals surface area contributed by atoms with Gasteiger partial charge >= 0.3 is 0 Å². The van der Waals surface area contributed by atoms with Crippen molar-refractivity contribution in [2.75, 3.05) is 6.54 Å². The first-order chi connectivity index (χ1) is 12.7. The Kier molecular flexibility index (Phi) is 4.39. The van der Waals surface area contributed by atoms with Gasteiger partial charge in [0.25, 0.3) is 0 Å². The van der Waals surface area contributed by atoms with Crippen LogP contribution in [0.2, 0.25) is 0 Å². The lowest BCUT2D eigenvalue weighted by Gasteiger charge is -2.33. The summed E-state index contributed by atoms with van der Waals surface area (Å²) in [7, 11) is 0. The molecule has 1 atom stereocenters. The van der Waals surface area contributed by atoms with Crippen molar-refractivity contribution in [3.63, 3.8) is 0 Å². The molecule has 0 spiro atoms. The summed E-state index contributed by atoms with van der Waals surface area (Å²) in [5.41, 5.74) is 0. The van der Waals surface area contributed by atoms with Crippen molar-refractivity contribution in [1.29, 1.82) is 0 Å². The summed E-state index contributed by atoms with van der Waals surface area (Å²) in [6, 6.07) is 7.11. The van der Waals surface area contributed by atoms with Crippen LogP contribution in [0.25, 0.3) is 0 Å². The number of furan rings is 1. The fourth-order valence-electron chi connectivity index (χ4n) is 3.13. The van der Waals surface area contributed by atoms with Crippen LogP contribution in [0, 0.1) is 0 Å². The highest BCUT2D eigenvalue weighted by atomic mass is 16.5. The van der Waals surface area contributed by atoms with Crippen molar-refractivity contribution in [2.24, 2.45) is 0 Å². The molecule has 0 saturated heterocycles. The molecular formula is C18H19N5O3. The highest BCUT2D eigenvalue weighted by molar-refractivity contribution is 5.78. The van der Waals surface area contributed by atoms with Crippen molar-refractivity contribution in [3.8, 4) is 5.75 Å². The molecule has 134 valence electrons. The average Bonchev–Trinajstić information content (AvgIpc) is 3.31. The second kappa shape index (κ2) is 6.99. The normalized spacial score (nSPS) is 16.3. The predicted molar refractivity (Wildman–Crippen MR) is 91.1 cm³/mol. The average molecular weight is 353 g/mol. The molecule has 3 aromatic rings. The molecule has 0 unspecified atom stereocenters. The van der Waals surface area contributed by atoms with E-state index in [0.717, 1.165) is 11.6 Å². The van der Waals surface area contributed by atoms with Gasteiger partial charge in [-0.15, -0.1) is 10.2 Å². The molecule has 0 bridgehead atoms. The van der Waals surface area contributed by atoms with Crippen molar-refractivity contribution in [2.45, 2.75) is 32.5 Å². The summed E-state index contributed by atoms with van der Waals surface area (Å²) in [4.78, 5) is 18.4. The predicted octanol–water partition coefficient (Wildman–Crippen LogP) is 1.99.